The third kappa shape index (κ3) is 3.27. The zero-order valence-corrected chi connectivity index (χ0v) is 17.0. The molecular formula is C22H30N2O6. The molecule has 8 heteroatoms. The van der Waals surface area contributed by atoms with Gasteiger partial charge in [-0.15, -0.1) is 0 Å². The summed E-state index contributed by atoms with van der Waals surface area (Å²) in [6, 6.07) is 6.90. The van der Waals surface area contributed by atoms with Crippen LogP contribution in [0.2, 0.25) is 0 Å². The summed E-state index contributed by atoms with van der Waals surface area (Å²) in [6.07, 6.45) is -2.04. The monoisotopic (exact) mass is 418 g/mol. The largest absolute Gasteiger partial charge is 0.394 e. The molecule has 164 valence electrons. The first kappa shape index (κ1) is 20.4. The second-order valence-corrected chi connectivity index (χ2v) is 9.03. The normalized spacial score (nSPS) is 39.2. The van der Waals surface area contributed by atoms with Crippen LogP contribution in [0.15, 0.2) is 24.4 Å². The van der Waals surface area contributed by atoms with Gasteiger partial charge in [0.15, 0.2) is 6.29 Å². The minimum absolute atomic E-state index is 0.236. The standard InChI is InChI=1S/C22H30N2O6/c1-24-8-11(10-29-22-21(28)20(27)19(26)17(9-25)30-22)5-14-13-3-2-4-15-18(13)12(7-23-15)6-16(14)24/h2-4,7,11,14,16-17,19-23,25-28H,5-6,8-10H2,1H3/t11?,14-,16-,17-,19-,20+,21-,22+/m1/s1. The van der Waals surface area contributed by atoms with E-state index in [4.69, 9.17) is 9.47 Å². The van der Waals surface area contributed by atoms with Crippen molar-refractivity contribution < 1.29 is 29.9 Å². The molecule has 2 fully saturated rings. The highest BCUT2D eigenvalue weighted by atomic mass is 16.7. The van der Waals surface area contributed by atoms with E-state index in [0.717, 1.165) is 19.4 Å². The Balaban J connectivity index is 1.30. The fourth-order valence-corrected chi connectivity index (χ4v) is 5.61. The number of hydrogen-bond acceptors (Lipinski definition) is 7. The van der Waals surface area contributed by atoms with Crippen LogP contribution in [0.4, 0.5) is 0 Å². The minimum Gasteiger partial charge on any atom is -0.394 e. The SMILES string of the molecule is CN1CC(CO[C@H]2O[C@H](CO)[C@@H](O)[C@H](O)[C@H]2O)C[C@@H]2c3cccc4[nH]cc(c34)C[C@H]21. The minimum atomic E-state index is -1.41. The Morgan fingerprint density at radius 1 is 1.20 bits per heavy atom. The molecule has 2 aliphatic heterocycles. The van der Waals surface area contributed by atoms with Gasteiger partial charge in [0.25, 0.3) is 0 Å². The summed E-state index contributed by atoms with van der Waals surface area (Å²) in [4.78, 5) is 5.79. The molecular weight excluding hydrogens is 388 g/mol. The summed E-state index contributed by atoms with van der Waals surface area (Å²) in [5.41, 5.74) is 3.94. The lowest BCUT2D eigenvalue weighted by Gasteiger charge is -2.46. The quantitative estimate of drug-likeness (QED) is 0.472. The number of nitrogens with one attached hydrogen (secondary N) is 1. The Hall–Kier alpha value is -1.52. The first-order valence-corrected chi connectivity index (χ1v) is 10.7. The molecule has 0 amide bonds. The molecule has 2 saturated heterocycles. The number of ether oxygens (including phenoxy) is 2. The van der Waals surface area contributed by atoms with Crippen molar-refractivity contribution in [2.45, 2.75) is 55.5 Å². The van der Waals surface area contributed by atoms with Gasteiger partial charge in [-0.25, -0.2) is 0 Å². The van der Waals surface area contributed by atoms with Crippen LogP contribution in [0.5, 0.6) is 0 Å². The predicted octanol–water partition coefficient (Wildman–Crippen LogP) is -0.0556. The molecule has 0 saturated carbocycles. The molecule has 8 nitrogen and oxygen atoms in total. The molecule has 0 radical (unpaired) electrons. The molecule has 8 atom stereocenters. The van der Waals surface area contributed by atoms with Crippen molar-refractivity contribution in [1.82, 2.24) is 9.88 Å². The Morgan fingerprint density at radius 2 is 2.03 bits per heavy atom. The average molecular weight is 418 g/mol. The average Bonchev–Trinajstić information content (AvgIpc) is 3.17. The van der Waals surface area contributed by atoms with Crippen molar-refractivity contribution in [2.75, 3.05) is 26.8 Å². The van der Waals surface area contributed by atoms with Crippen LogP contribution in [0, 0.1) is 5.92 Å². The number of likely N-dealkylation sites (N-methyl/N-ethyl adjacent to an activating group) is 1. The van der Waals surface area contributed by atoms with Gasteiger partial charge in [0.1, 0.15) is 24.4 Å². The third-order valence-corrected chi connectivity index (χ3v) is 7.16. The summed E-state index contributed by atoms with van der Waals surface area (Å²) in [6.45, 7) is 0.782. The molecule has 1 aromatic heterocycles. The van der Waals surface area contributed by atoms with Gasteiger partial charge in [0.2, 0.25) is 0 Å². The number of fused-ring (bicyclic) bond motifs is 2. The maximum atomic E-state index is 10.2. The van der Waals surface area contributed by atoms with Crippen LogP contribution >= 0.6 is 0 Å². The number of aromatic nitrogens is 1. The highest BCUT2D eigenvalue weighted by Crippen LogP contribution is 2.44. The topological polar surface area (TPSA) is 118 Å². The number of benzene rings is 1. The van der Waals surface area contributed by atoms with Gasteiger partial charge in [-0.05, 0) is 43.0 Å². The third-order valence-electron chi connectivity index (χ3n) is 7.16. The van der Waals surface area contributed by atoms with E-state index in [-0.39, 0.29) is 5.92 Å². The van der Waals surface area contributed by atoms with Crippen LogP contribution in [-0.4, -0.2) is 93.9 Å². The smallest absolute Gasteiger partial charge is 0.186 e. The second kappa shape index (κ2) is 7.87. The number of hydrogen-bond donors (Lipinski definition) is 5. The molecule has 1 unspecified atom stereocenters. The van der Waals surface area contributed by atoms with E-state index in [1.807, 2.05) is 0 Å². The number of nitrogens with zero attached hydrogens (tertiary/aromatic N) is 1. The molecule has 5 N–H and O–H groups in total. The molecule has 5 rings (SSSR count). The predicted molar refractivity (Wildman–Crippen MR) is 109 cm³/mol. The number of aliphatic hydroxyl groups is 4. The maximum Gasteiger partial charge on any atom is 0.186 e. The molecule has 2 aromatic rings. The lowest BCUT2D eigenvalue weighted by atomic mass is 9.72. The van der Waals surface area contributed by atoms with Crippen LogP contribution in [0.3, 0.4) is 0 Å². The Kier molecular flexibility index (Phi) is 5.35. The van der Waals surface area contributed by atoms with Crippen LogP contribution in [0.25, 0.3) is 10.9 Å². The fraction of sp³-hybridized carbons (Fsp3) is 0.636. The number of likely N-dealkylation sites (tertiary alicyclic amines) is 1. The fourth-order valence-electron chi connectivity index (χ4n) is 5.61. The number of aliphatic hydroxyl groups excluding tert-OH is 4. The van der Waals surface area contributed by atoms with Crippen molar-refractivity contribution >= 4 is 10.9 Å². The zero-order chi connectivity index (χ0) is 21.0. The van der Waals surface area contributed by atoms with Crippen LogP contribution in [-0.2, 0) is 15.9 Å². The molecule has 30 heavy (non-hydrogen) atoms. The van der Waals surface area contributed by atoms with Crippen molar-refractivity contribution in [3.05, 3.63) is 35.5 Å². The number of aromatic amines is 1. The highest BCUT2D eigenvalue weighted by molar-refractivity contribution is 5.88. The van der Waals surface area contributed by atoms with E-state index >= 15 is 0 Å². The zero-order valence-electron chi connectivity index (χ0n) is 17.0. The van der Waals surface area contributed by atoms with E-state index in [1.165, 1.54) is 22.0 Å². The molecule has 3 aliphatic rings. The first-order chi connectivity index (χ1) is 14.5. The maximum absolute atomic E-state index is 10.2. The highest BCUT2D eigenvalue weighted by Gasteiger charge is 2.45. The van der Waals surface area contributed by atoms with Crippen LogP contribution < -0.4 is 0 Å². The summed E-state index contributed by atoms with van der Waals surface area (Å²) in [5.74, 6) is 0.638. The summed E-state index contributed by atoms with van der Waals surface area (Å²) in [7, 11) is 2.15. The Morgan fingerprint density at radius 3 is 2.83 bits per heavy atom. The van der Waals surface area contributed by atoms with Gasteiger partial charge in [-0.1, -0.05) is 12.1 Å². The van der Waals surface area contributed by atoms with Gasteiger partial charge >= 0.3 is 0 Å². The molecule has 1 aliphatic carbocycles. The van der Waals surface area contributed by atoms with Gasteiger partial charge in [0.05, 0.1) is 13.2 Å². The number of H-pyrrole nitrogens is 1. The summed E-state index contributed by atoms with van der Waals surface area (Å²) in [5, 5.41) is 40.8. The van der Waals surface area contributed by atoms with Gasteiger partial charge in [-0.3, -0.25) is 0 Å². The van der Waals surface area contributed by atoms with Crippen molar-refractivity contribution in [3.8, 4) is 0 Å². The summed E-state index contributed by atoms with van der Waals surface area (Å²) >= 11 is 0. The molecule has 1 aromatic carbocycles. The lowest BCUT2D eigenvalue weighted by Crippen LogP contribution is -2.59. The van der Waals surface area contributed by atoms with E-state index < -0.39 is 37.3 Å². The van der Waals surface area contributed by atoms with Crippen molar-refractivity contribution in [1.29, 1.82) is 0 Å². The van der Waals surface area contributed by atoms with Gasteiger partial charge in [-0.2, -0.15) is 0 Å². The second-order valence-electron chi connectivity index (χ2n) is 9.03. The van der Waals surface area contributed by atoms with Crippen molar-refractivity contribution in [2.24, 2.45) is 5.92 Å². The van der Waals surface area contributed by atoms with E-state index in [0.29, 0.717) is 18.6 Å². The molecule has 0 bridgehead atoms. The van der Waals surface area contributed by atoms with Crippen molar-refractivity contribution in [3.63, 3.8) is 0 Å². The number of piperidine rings is 1. The number of rotatable bonds is 4. The molecule has 3 heterocycles. The van der Waals surface area contributed by atoms with E-state index in [9.17, 15) is 20.4 Å². The van der Waals surface area contributed by atoms with E-state index in [2.05, 4.69) is 41.3 Å². The summed E-state index contributed by atoms with van der Waals surface area (Å²) < 4.78 is 11.3. The van der Waals surface area contributed by atoms with E-state index in [1.54, 1.807) is 0 Å². The lowest BCUT2D eigenvalue weighted by molar-refractivity contribution is -0.303. The Bertz CT molecular complexity index is 901. The first-order valence-electron chi connectivity index (χ1n) is 10.7. The van der Waals surface area contributed by atoms with Gasteiger partial charge < -0.3 is 39.8 Å². The van der Waals surface area contributed by atoms with Gasteiger partial charge in [0, 0.05) is 35.6 Å². The Labute approximate surface area is 175 Å². The van der Waals surface area contributed by atoms with Crippen LogP contribution in [0.1, 0.15) is 23.5 Å². The molecule has 0 spiro atoms.